The lowest BCUT2D eigenvalue weighted by atomic mass is 10.2. The van der Waals surface area contributed by atoms with Crippen LogP contribution in [0.2, 0.25) is 0 Å². The lowest BCUT2D eigenvalue weighted by molar-refractivity contribution is 0.215. The van der Waals surface area contributed by atoms with Gasteiger partial charge in [-0.25, -0.2) is 4.79 Å². The van der Waals surface area contributed by atoms with Gasteiger partial charge in [0.2, 0.25) is 0 Å². The first-order valence-corrected chi connectivity index (χ1v) is 6.62. The van der Waals surface area contributed by atoms with Crippen molar-refractivity contribution in [3.05, 3.63) is 66.4 Å². The summed E-state index contributed by atoms with van der Waals surface area (Å²) in [6.45, 7) is 1.92. The van der Waals surface area contributed by atoms with Crippen molar-refractivity contribution in [3.63, 3.8) is 0 Å². The smallest absolute Gasteiger partial charge is 0.410 e. The Morgan fingerprint density at radius 2 is 1.81 bits per heavy atom. The molecule has 104 valence electrons. The number of benzene rings is 2. The molecule has 0 saturated heterocycles. The molecule has 4 nitrogen and oxygen atoms in total. The molecular formula is C17H14N2O2. The molecule has 0 unspecified atom stereocenters. The van der Waals surface area contributed by atoms with Crippen molar-refractivity contribution in [1.29, 1.82) is 0 Å². The highest BCUT2D eigenvalue weighted by atomic mass is 16.6. The van der Waals surface area contributed by atoms with E-state index < -0.39 is 6.09 Å². The molecule has 1 heterocycles. The van der Waals surface area contributed by atoms with E-state index >= 15 is 0 Å². The first-order chi connectivity index (χ1) is 10.2. The molecule has 1 N–H and O–H groups in total. The molecular weight excluding hydrogens is 264 g/mol. The van der Waals surface area contributed by atoms with Crippen molar-refractivity contribution in [2.45, 2.75) is 6.92 Å². The van der Waals surface area contributed by atoms with E-state index in [0.717, 1.165) is 16.6 Å². The van der Waals surface area contributed by atoms with E-state index in [0.29, 0.717) is 11.4 Å². The summed E-state index contributed by atoms with van der Waals surface area (Å²) in [5, 5.41) is 3.71. The quantitative estimate of drug-likeness (QED) is 0.766. The molecule has 0 spiro atoms. The van der Waals surface area contributed by atoms with Crippen LogP contribution >= 0.6 is 0 Å². The first kappa shape index (κ1) is 13.1. The number of para-hydroxylation sites is 2. The number of anilines is 1. The normalized spacial score (nSPS) is 10.3. The number of hydrogen-bond donors (Lipinski definition) is 1. The van der Waals surface area contributed by atoms with E-state index in [1.165, 1.54) is 0 Å². The Hall–Kier alpha value is -2.88. The summed E-state index contributed by atoms with van der Waals surface area (Å²) in [6, 6.07) is 18.5. The van der Waals surface area contributed by atoms with Crippen molar-refractivity contribution in [1.82, 2.24) is 4.98 Å². The summed E-state index contributed by atoms with van der Waals surface area (Å²) in [5.74, 6) is 0.499. The van der Waals surface area contributed by atoms with Crippen LogP contribution in [0, 0.1) is 6.92 Å². The average molecular weight is 278 g/mol. The summed E-state index contributed by atoms with van der Waals surface area (Å²) < 4.78 is 5.22. The zero-order chi connectivity index (χ0) is 14.7. The Balaban J connectivity index is 1.84. The van der Waals surface area contributed by atoms with Crippen LogP contribution in [0.25, 0.3) is 10.9 Å². The molecule has 0 saturated carbocycles. The third kappa shape index (κ3) is 3.00. The van der Waals surface area contributed by atoms with E-state index in [1.54, 1.807) is 18.2 Å². The van der Waals surface area contributed by atoms with Crippen LogP contribution in [0.5, 0.6) is 5.75 Å². The monoisotopic (exact) mass is 278 g/mol. The fourth-order valence-corrected chi connectivity index (χ4v) is 2.08. The summed E-state index contributed by atoms with van der Waals surface area (Å²) in [7, 11) is 0. The van der Waals surface area contributed by atoms with Crippen LogP contribution in [0.1, 0.15) is 5.69 Å². The number of rotatable bonds is 2. The number of aryl methyl sites for hydroxylation is 1. The van der Waals surface area contributed by atoms with Gasteiger partial charge in [0, 0.05) is 11.1 Å². The zero-order valence-electron chi connectivity index (χ0n) is 11.5. The van der Waals surface area contributed by atoms with E-state index in [-0.39, 0.29) is 0 Å². The predicted octanol–water partition coefficient (Wildman–Crippen LogP) is 4.15. The van der Waals surface area contributed by atoms with Crippen LogP contribution in [0.15, 0.2) is 60.7 Å². The van der Waals surface area contributed by atoms with E-state index in [9.17, 15) is 4.79 Å². The maximum absolute atomic E-state index is 11.9. The fraction of sp³-hybridized carbons (Fsp3) is 0.0588. The molecule has 0 bridgehead atoms. The number of fused-ring (bicyclic) bond motifs is 1. The third-order valence-electron chi connectivity index (χ3n) is 3.05. The van der Waals surface area contributed by atoms with Gasteiger partial charge in [-0.2, -0.15) is 0 Å². The number of carbonyl (C=O) groups excluding carboxylic acids is 1. The van der Waals surface area contributed by atoms with Gasteiger partial charge in [-0.15, -0.1) is 0 Å². The van der Waals surface area contributed by atoms with Crippen LogP contribution in [0.3, 0.4) is 0 Å². The second kappa shape index (κ2) is 5.63. The molecule has 0 aliphatic carbocycles. The molecule has 0 fully saturated rings. The molecule has 3 aromatic rings. The Bertz CT molecular complexity index is 785. The lowest BCUT2D eigenvalue weighted by Crippen LogP contribution is -2.17. The van der Waals surface area contributed by atoms with Gasteiger partial charge in [-0.05, 0) is 31.2 Å². The Morgan fingerprint density at radius 1 is 1.00 bits per heavy atom. The van der Waals surface area contributed by atoms with Crippen molar-refractivity contribution in [2.75, 3.05) is 5.32 Å². The highest BCUT2D eigenvalue weighted by Crippen LogP contribution is 2.22. The SMILES string of the molecule is Cc1ccc2cccc(NC(=O)Oc3ccccc3)c2n1. The molecule has 0 atom stereocenters. The number of nitrogens with one attached hydrogen (secondary N) is 1. The Kier molecular flexibility index (Phi) is 3.51. The number of carbonyl (C=O) groups is 1. The number of aromatic nitrogens is 1. The van der Waals surface area contributed by atoms with Crippen molar-refractivity contribution in [3.8, 4) is 5.75 Å². The van der Waals surface area contributed by atoms with Gasteiger partial charge in [0.15, 0.2) is 0 Å². The first-order valence-electron chi connectivity index (χ1n) is 6.62. The zero-order valence-corrected chi connectivity index (χ0v) is 11.5. The summed E-state index contributed by atoms with van der Waals surface area (Å²) in [4.78, 5) is 16.4. The molecule has 4 heteroatoms. The van der Waals surface area contributed by atoms with E-state index in [2.05, 4.69) is 10.3 Å². The van der Waals surface area contributed by atoms with Crippen molar-refractivity contribution < 1.29 is 9.53 Å². The fourth-order valence-electron chi connectivity index (χ4n) is 2.08. The highest BCUT2D eigenvalue weighted by molar-refractivity contribution is 5.98. The molecule has 0 aliphatic rings. The molecule has 0 radical (unpaired) electrons. The Labute approximate surface area is 122 Å². The molecule has 1 aromatic heterocycles. The summed E-state index contributed by atoms with van der Waals surface area (Å²) >= 11 is 0. The van der Waals surface area contributed by atoms with Crippen LogP contribution in [0.4, 0.5) is 10.5 Å². The molecule has 0 aliphatic heterocycles. The number of amides is 1. The topological polar surface area (TPSA) is 51.2 Å². The number of ether oxygens (including phenoxy) is 1. The van der Waals surface area contributed by atoms with Gasteiger partial charge in [0.05, 0.1) is 11.2 Å². The predicted molar refractivity (Wildman–Crippen MR) is 82.6 cm³/mol. The van der Waals surface area contributed by atoms with Crippen LogP contribution in [-0.4, -0.2) is 11.1 Å². The van der Waals surface area contributed by atoms with Gasteiger partial charge in [-0.1, -0.05) is 36.4 Å². The van der Waals surface area contributed by atoms with Crippen LogP contribution in [-0.2, 0) is 0 Å². The third-order valence-corrected chi connectivity index (χ3v) is 3.05. The minimum Gasteiger partial charge on any atom is -0.410 e. The van der Waals surface area contributed by atoms with E-state index in [1.807, 2.05) is 49.4 Å². The van der Waals surface area contributed by atoms with Gasteiger partial charge >= 0.3 is 6.09 Å². The largest absolute Gasteiger partial charge is 0.417 e. The molecule has 21 heavy (non-hydrogen) atoms. The van der Waals surface area contributed by atoms with Crippen LogP contribution < -0.4 is 10.1 Å². The lowest BCUT2D eigenvalue weighted by Gasteiger charge is -2.09. The van der Waals surface area contributed by atoms with Crippen molar-refractivity contribution >= 4 is 22.7 Å². The molecule has 3 rings (SSSR count). The second-order valence-corrected chi connectivity index (χ2v) is 4.66. The second-order valence-electron chi connectivity index (χ2n) is 4.66. The summed E-state index contributed by atoms with van der Waals surface area (Å²) in [5.41, 5.74) is 2.29. The maximum atomic E-state index is 11.9. The number of hydrogen-bond acceptors (Lipinski definition) is 3. The van der Waals surface area contributed by atoms with Crippen molar-refractivity contribution in [2.24, 2.45) is 0 Å². The molecule has 2 aromatic carbocycles. The van der Waals surface area contributed by atoms with E-state index in [4.69, 9.17) is 4.74 Å². The maximum Gasteiger partial charge on any atom is 0.417 e. The summed E-state index contributed by atoms with van der Waals surface area (Å²) in [6.07, 6.45) is -0.531. The minimum atomic E-state index is -0.531. The van der Waals surface area contributed by atoms with Gasteiger partial charge in [-0.3, -0.25) is 10.3 Å². The number of pyridine rings is 1. The van der Waals surface area contributed by atoms with Gasteiger partial charge in [0.25, 0.3) is 0 Å². The minimum absolute atomic E-state index is 0.499. The molecule has 1 amide bonds. The highest BCUT2D eigenvalue weighted by Gasteiger charge is 2.08. The average Bonchev–Trinajstić information content (AvgIpc) is 2.49. The Morgan fingerprint density at radius 3 is 2.62 bits per heavy atom. The van der Waals surface area contributed by atoms with Gasteiger partial charge < -0.3 is 4.74 Å². The standard InChI is InChI=1S/C17H14N2O2/c1-12-10-11-13-6-5-9-15(16(13)18-12)19-17(20)21-14-7-3-2-4-8-14/h2-11H,1H3,(H,19,20). The van der Waals surface area contributed by atoms with Gasteiger partial charge in [0.1, 0.15) is 5.75 Å². The number of nitrogens with zero attached hydrogens (tertiary/aromatic N) is 1.